The molecule has 6 heteroatoms. The number of benzene rings is 3. The van der Waals surface area contributed by atoms with Gasteiger partial charge in [0.15, 0.2) is 0 Å². The number of rotatable bonds is 3. The van der Waals surface area contributed by atoms with Crippen molar-refractivity contribution in [3.8, 4) is 17.1 Å². The smallest absolute Gasteiger partial charge is 0.136 e. The summed E-state index contributed by atoms with van der Waals surface area (Å²) < 4.78 is 11.3. The zero-order valence-corrected chi connectivity index (χ0v) is 17.0. The molecule has 140 valence electrons. The van der Waals surface area contributed by atoms with E-state index in [2.05, 4.69) is 0 Å². The number of nitrogens with zero attached hydrogens (tertiary/aromatic N) is 1. The zero-order valence-electron chi connectivity index (χ0n) is 14.7. The molecule has 0 unspecified atom stereocenters. The van der Waals surface area contributed by atoms with E-state index in [9.17, 15) is 0 Å². The Morgan fingerprint density at radius 1 is 0.786 bits per heavy atom. The van der Waals surface area contributed by atoms with Gasteiger partial charge in [-0.1, -0.05) is 34.8 Å². The highest BCUT2D eigenvalue weighted by Gasteiger charge is 2.08. The predicted octanol–water partition coefficient (Wildman–Crippen LogP) is 7.30. The Morgan fingerprint density at radius 3 is 2.18 bits per heavy atom. The standard InChI is InChI=1S/C22H14Cl3NO2/c1-27-18-5-2-13(3-6-18)22-12-20(19-11-14(23)4-7-21(19)28-22)26-17-9-15(24)8-16(25)10-17/h2-12H,1H3. The fourth-order valence-electron chi connectivity index (χ4n) is 2.87. The molecule has 0 atom stereocenters. The first-order valence-electron chi connectivity index (χ1n) is 8.40. The highest BCUT2D eigenvalue weighted by Crippen LogP contribution is 2.27. The number of ether oxygens (including phenoxy) is 1. The normalized spacial score (nSPS) is 11.8. The van der Waals surface area contributed by atoms with Crippen LogP contribution >= 0.6 is 34.8 Å². The van der Waals surface area contributed by atoms with Gasteiger partial charge in [0.2, 0.25) is 0 Å². The van der Waals surface area contributed by atoms with E-state index >= 15 is 0 Å². The van der Waals surface area contributed by atoms with Crippen molar-refractivity contribution in [2.24, 2.45) is 4.99 Å². The molecule has 4 rings (SSSR count). The zero-order chi connectivity index (χ0) is 19.7. The Labute approximate surface area is 176 Å². The molecule has 3 aromatic carbocycles. The molecule has 3 nitrogen and oxygen atoms in total. The lowest BCUT2D eigenvalue weighted by Crippen LogP contribution is -2.03. The highest BCUT2D eigenvalue weighted by molar-refractivity contribution is 6.35. The summed E-state index contributed by atoms with van der Waals surface area (Å²) in [4.78, 5) is 4.74. The summed E-state index contributed by atoms with van der Waals surface area (Å²) in [6, 6.07) is 20.1. The third kappa shape index (κ3) is 4.02. The third-order valence-electron chi connectivity index (χ3n) is 4.18. The van der Waals surface area contributed by atoms with Gasteiger partial charge in [-0.15, -0.1) is 0 Å². The van der Waals surface area contributed by atoms with E-state index in [4.69, 9.17) is 48.9 Å². The molecule has 0 amide bonds. The highest BCUT2D eigenvalue weighted by atomic mass is 35.5. The molecule has 0 aliphatic carbocycles. The van der Waals surface area contributed by atoms with Crippen molar-refractivity contribution in [1.29, 1.82) is 0 Å². The average molecular weight is 431 g/mol. The molecule has 0 saturated carbocycles. The van der Waals surface area contributed by atoms with E-state index in [-0.39, 0.29) is 0 Å². The molecule has 28 heavy (non-hydrogen) atoms. The van der Waals surface area contributed by atoms with Crippen molar-refractivity contribution in [3.63, 3.8) is 0 Å². The van der Waals surface area contributed by atoms with Crippen LogP contribution in [0.25, 0.3) is 22.3 Å². The topological polar surface area (TPSA) is 34.7 Å². The lowest BCUT2D eigenvalue weighted by molar-refractivity contribution is 0.415. The van der Waals surface area contributed by atoms with Crippen LogP contribution in [0.5, 0.6) is 5.75 Å². The van der Waals surface area contributed by atoms with Crippen molar-refractivity contribution in [2.45, 2.75) is 0 Å². The van der Waals surface area contributed by atoms with Crippen LogP contribution in [0.4, 0.5) is 5.69 Å². The van der Waals surface area contributed by atoms with Crippen LogP contribution in [0.1, 0.15) is 0 Å². The van der Waals surface area contributed by atoms with Gasteiger partial charge in [0, 0.05) is 32.1 Å². The molecule has 1 heterocycles. The van der Waals surface area contributed by atoms with Gasteiger partial charge >= 0.3 is 0 Å². The third-order valence-corrected chi connectivity index (χ3v) is 4.85. The van der Waals surface area contributed by atoms with Crippen molar-refractivity contribution in [3.05, 3.63) is 87.2 Å². The van der Waals surface area contributed by atoms with Gasteiger partial charge in [-0.05, 0) is 60.7 Å². The van der Waals surface area contributed by atoms with Crippen LogP contribution in [0, 0.1) is 0 Å². The van der Waals surface area contributed by atoms with Crippen molar-refractivity contribution < 1.29 is 9.15 Å². The van der Waals surface area contributed by atoms with E-state index in [1.54, 1.807) is 31.4 Å². The van der Waals surface area contributed by atoms with Crippen LogP contribution in [0.3, 0.4) is 0 Å². The van der Waals surface area contributed by atoms with Crippen LogP contribution in [-0.2, 0) is 0 Å². The molecule has 0 fully saturated rings. The molecule has 0 N–H and O–H groups in total. The fraction of sp³-hybridized carbons (Fsp3) is 0.0455. The van der Waals surface area contributed by atoms with Gasteiger partial charge in [-0.3, -0.25) is 0 Å². The fourth-order valence-corrected chi connectivity index (χ4v) is 3.56. The summed E-state index contributed by atoms with van der Waals surface area (Å²) in [6.07, 6.45) is 0. The number of hydrogen-bond donors (Lipinski definition) is 0. The molecule has 0 radical (unpaired) electrons. The van der Waals surface area contributed by atoms with E-state index in [0.29, 0.717) is 37.5 Å². The molecule has 0 aliphatic heterocycles. The summed E-state index contributed by atoms with van der Waals surface area (Å²) in [5, 5.41) is 3.13. The number of methoxy groups -OCH3 is 1. The largest absolute Gasteiger partial charge is 0.497 e. The van der Waals surface area contributed by atoms with E-state index < -0.39 is 0 Å². The van der Waals surface area contributed by atoms with Crippen LogP contribution in [0.2, 0.25) is 15.1 Å². The first kappa shape index (κ1) is 18.9. The van der Waals surface area contributed by atoms with E-state index in [0.717, 1.165) is 16.7 Å². The molecule has 0 bridgehead atoms. The number of hydrogen-bond acceptors (Lipinski definition) is 3. The van der Waals surface area contributed by atoms with Crippen LogP contribution in [0.15, 0.2) is 76.1 Å². The van der Waals surface area contributed by atoms with Gasteiger partial charge in [-0.2, -0.15) is 0 Å². The second-order valence-electron chi connectivity index (χ2n) is 6.10. The summed E-state index contributed by atoms with van der Waals surface area (Å²) in [7, 11) is 1.63. The lowest BCUT2D eigenvalue weighted by atomic mass is 10.1. The second-order valence-corrected chi connectivity index (χ2v) is 7.41. The molecule has 1 aromatic heterocycles. The lowest BCUT2D eigenvalue weighted by Gasteiger charge is -2.07. The van der Waals surface area contributed by atoms with Crippen LogP contribution in [-0.4, -0.2) is 7.11 Å². The van der Waals surface area contributed by atoms with Crippen molar-refractivity contribution in [1.82, 2.24) is 0 Å². The minimum absolute atomic E-state index is 0.518. The van der Waals surface area contributed by atoms with Crippen molar-refractivity contribution in [2.75, 3.05) is 7.11 Å². The second kappa shape index (κ2) is 7.88. The van der Waals surface area contributed by atoms with Gasteiger partial charge in [0.1, 0.15) is 17.1 Å². The summed E-state index contributed by atoms with van der Waals surface area (Å²) in [6.45, 7) is 0. The molecule has 0 saturated heterocycles. The minimum atomic E-state index is 0.518. The summed E-state index contributed by atoms with van der Waals surface area (Å²) >= 11 is 18.4. The summed E-state index contributed by atoms with van der Waals surface area (Å²) in [5.74, 6) is 1.44. The molecular weight excluding hydrogens is 417 g/mol. The Morgan fingerprint density at radius 2 is 1.50 bits per heavy atom. The van der Waals surface area contributed by atoms with Gasteiger partial charge in [-0.25, -0.2) is 4.99 Å². The maximum atomic E-state index is 6.19. The first-order valence-corrected chi connectivity index (χ1v) is 9.54. The quantitative estimate of drug-likeness (QED) is 0.342. The van der Waals surface area contributed by atoms with Gasteiger partial charge < -0.3 is 9.15 Å². The van der Waals surface area contributed by atoms with Crippen LogP contribution < -0.4 is 10.1 Å². The predicted molar refractivity (Wildman–Crippen MR) is 115 cm³/mol. The Balaban J connectivity index is 1.96. The van der Waals surface area contributed by atoms with Crippen molar-refractivity contribution >= 4 is 51.5 Å². The maximum absolute atomic E-state index is 6.19. The maximum Gasteiger partial charge on any atom is 0.136 e. The van der Waals surface area contributed by atoms with E-state index in [1.165, 1.54) is 0 Å². The van der Waals surface area contributed by atoms with Gasteiger partial charge in [0.05, 0.1) is 18.2 Å². The molecular formula is C22H14Cl3NO2. The molecule has 0 aliphatic rings. The molecule has 0 spiro atoms. The summed E-state index contributed by atoms with van der Waals surface area (Å²) in [5.41, 5.74) is 2.22. The van der Waals surface area contributed by atoms with E-state index in [1.807, 2.05) is 42.5 Å². The average Bonchev–Trinajstić information content (AvgIpc) is 2.67. The van der Waals surface area contributed by atoms with Gasteiger partial charge in [0.25, 0.3) is 0 Å². The minimum Gasteiger partial charge on any atom is -0.497 e. The monoisotopic (exact) mass is 429 g/mol. The Kier molecular flexibility index (Phi) is 5.31. The number of halogens is 3. The number of fused-ring (bicyclic) bond motifs is 1. The SMILES string of the molecule is COc1ccc(-c2cc(=Nc3cc(Cl)cc(Cl)c3)c3cc(Cl)ccc3o2)cc1. The Hall–Kier alpha value is -2.46. The first-order chi connectivity index (χ1) is 13.5. The Bertz CT molecular complexity index is 1210. The molecule has 4 aromatic rings.